The first-order valence-corrected chi connectivity index (χ1v) is 8.80. The fourth-order valence-corrected chi connectivity index (χ4v) is 4.33. The molecule has 140 valence electrons. The normalized spacial score (nSPS) is 22.2. The molecule has 8 heteroatoms. The molecule has 2 aliphatic rings. The Balaban J connectivity index is 1.83. The Hall–Kier alpha value is -2.15. The van der Waals surface area contributed by atoms with Gasteiger partial charge in [0.1, 0.15) is 5.82 Å². The quantitative estimate of drug-likeness (QED) is 0.851. The van der Waals surface area contributed by atoms with Crippen molar-refractivity contribution >= 4 is 29.4 Å². The van der Waals surface area contributed by atoms with E-state index in [-0.39, 0.29) is 36.0 Å². The van der Waals surface area contributed by atoms with Crippen LogP contribution in [-0.2, 0) is 9.59 Å². The van der Waals surface area contributed by atoms with Crippen molar-refractivity contribution in [1.82, 2.24) is 9.80 Å². The Labute approximate surface area is 155 Å². The second kappa shape index (κ2) is 6.54. The monoisotopic (exact) mass is 382 g/mol. The summed E-state index contributed by atoms with van der Waals surface area (Å²) in [4.78, 5) is 39.4. The van der Waals surface area contributed by atoms with E-state index in [1.165, 1.54) is 21.9 Å². The molecule has 1 aromatic carbocycles. The van der Waals surface area contributed by atoms with E-state index >= 15 is 0 Å². The fourth-order valence-electron chi connectivity index (χ4n) is 4.09. The lowest BCUT2D eigenvalue weighted by atomic mass is 9.77. The standard InChI is InChI=1S/C18H20ClFN2O4/c1-10-3-4-12(20)14(15(10)19)16(24)22-7-5-18(6-8-22)11(17(25)26)9-13(23)21(18)2/h3-4,11H,5-9H2,1-2H3,(H,25,26). The van der Waals surface area contributed by atoms with Gasteiger partial charge in [0.15, 0.2) is 0 Å². The fraction of sp³-hybridized carbons (Fsp3) is 0.500. The largest absolute Gasteiger partial charge is 0.481 e. The third-order valence-electron chi connectivity index (χ3n) is 5.78. The molecule has 26 heavy (non-hydrogen) atoms. The van der Waals surface area contributed by atoms with Gasteiger partial charge in [-0.2, -0.15) is 0 Å². The minimum absolute atomic E-state index is 0.0296. The van der Waals surface area contributed by atoms with Gasteiger partial charge in [-0.1, -0.05) is 17.7 Å². The molecular weight excluding hydrogens is 363 g/mol. The maximum absolute atomic E-state index is 14.1. The SMILES string of the molecule is Cc1ccc(F)c(C(=O)N2CCC3(CC2)C(C(=O)O)CC(=O)N3C)c1Cl. The van der Waals surface area contributed by atoms with E-state index in [0.717, 1.165) is 0 Å². The highest BCUT2D eigenvalue weighted by Crippen LogP contribution is 2.43. The summed E-state index contributed by atoms with van der Waals surface area (Å²) in [6, 6.07) is 2.72. The molecular formula is C18H20ClFN2O4. The van der Waals surface area contributed by atoms with Crippen LogP contribution in [0.15, 0.2) is 12.1 Å². The van der Waals surface area contributed by atoms with Gasteiger partial charge in [-0.25, -0.2) is 4.39 Å². The third-order valence-corrected chi connectivity index (χ3v) is 6.27. The number of benzene rings is 1. The molecule has 0 aromatic heterocycles. The number of likely N-dealkylation sites (tertiary alicyclic amines) is 2. The maximum Gasteiger partial charge on any atom is 0.309 e. The molecule has 0 bridgehead atoms. The van der Waals surface area contributed by atoms with Crippen molar-refractivity contribution in [3.63, 3.8) is 0 Å². The van der Waals surface area contributed by atoms with E-state index in [2.05, 4.69) is 0 Å². The minimum atomic E-state index is -1.00. The number of halogens is 2. The van der Waals surface area contributed by atoms with Gasteiger partial charge in [0, 0.05) is 26.6 Å². The maximum atomic E-state index is 14.1. The van der Waals surface area contributed by atoms with Gasteiger partial charge < -0.3 is 14.9 Å². The number of nitrogens with zero attached hydrogens (tertiary/aromatic N) is 2. The van der Waals surface area contributed by atoms with Gasteiger partial charge in [0.25, 0.3) is 5.91 Å². The van der Waals surface area contributed by atoms with E-state index in [1.807, 2.05) is 0 Å². The van der Waals surface area contributed by atoms with Crippen LogP contribution in [0.25, 0.3) is 0 Å². The summed E-state index contributed by atoms with van der Waals surface area (Å²) in [5.41, 5.74) is -0.348. The van der Waals surface area contributed by atoms with Crippen molar-refractivity contribution < 1.29 is 23.9 Å². The number of aryl methyl sites for hydroxylation is 1. The summed E-state index contributed by atoms with van der Waals surface area (Å²) < 4.78 is 14.1. The van der Waals surface area contributed by atoms with Crippen LogP contribution in [0.5, 0.6) is 0 Å². The number of carboxylic acid groups (broad SMARTS) is 1. The van der Waals surface area contributed by atoms with Gasteiger partial charge in [-0.05, 0) is 31.4 Å². The molecule has 0 saturated carbocycles. The second-order valence-electron chi connectivity index (χ2n) is 7.00. The average molecular weight is 383 g/mol. The minimum Gasteiger partial charge on any atom is -0.481 e. The number of carbonyl (C=O) groups is 3. The molecule has 6 nitrogen and oxygen atoms in total. The molecule has 1 aromatic rings. The number of amides is 2. The van der Waals surface area contributed by atoms with Crippen LogP contribution in [0.4, 0.5) is 4.39 Å². The van der Waals surface area contributed by atoms with Crippen LogP contribution >= 0.6 is 11.6 Å². The molecule has 2 heterocycles. The number of piperidine rings is 1. The summed E-state index contributed by atoms with van der Waals surface area (Å²) in [7, 11) is 1.61. The molecule has 1 atom stereocenters. The highest BCUT2D eigenvalue weighted by Gasteiger charge is 2.55. The van der Waals surface area contributed by atoms with Gasteiger partial charge in [-0.15, -0.1) is 0 Å². The Morgan fingerprint density at radius 3 is 2.50 bits per heavy atom. The van der Waals surface area contributed by atoms with Crippen LogP contribution in [0.2, 0.25) is 5.02 Å². The summed E-state index contributed by atoms with van der Waals surface area (Å²) in [5.74, 6) is -3.19. The molecule has 1 N–H and O–H groups in total. The molecule has 0 aliphatic carbocycles. The van der Waals surface area contributed by atoms with Gasteiger partial charge in [-0.3, -0.25) is 14.4 Å². The molecule has 2 amide bonds. The van der Waals surface area contributed by atoms with Gasteiger partial charge in [0.05, 0.1) is 22.0 Å². The van der Waals surface area contributed by atoms with E-state index in [9.17, 15) is 23.9 Å². The zero-order valence-electron chi connectivity index (χ0n) is 14.6. The lowest BCUT2D eigenvalue weighted by molar-refractivity contribution is -0.145. The number of carbonyl (C=O) groups excluding carboxylic acids is 2. The van der Waals surface area contributed by atoms with Crippen molar-refractivity contribution in [2.45, 2.75) is 31.7 Å². The van der Waals surface area contributed by atoms with E-state index in [4.69, 9.17) is 11.6 Å². The van der Waals surface area contributed by atoms with Gasteiger partial charge in [0.2, 0.25) is 5.91 Å². The number of rotatable bonds is 2. The van der Waals surface area contributed by atoms with Crippen LogP contribution in [0.3, 0.4) is 0 Å². The molecule has 2 saturated heterocycles. The first kappa shape index (κ1) is 18.6. The predicted octanol–water partition coefficient (Wildman–Crippen LogP) is 2.33. The molecule has 1 unspecified atom stereocenters. The zero-order chi connectivity index (χ0) is 19.2. The highest BCUT2D eigenvalue weighted by molar-refractivity contribution is 6.34. The number of hydrogen-bond acceptors (Lipinski definition) is 3. The zero-order valence-corrected chi connectivity index (χ0v) is 15.3. The van der Waals surface area contributed by atoms with Crippen LogP contribution < -0.4 is 0 Å². The van der Waals surface area contributed by atoms with E-state index in [1.54, 1.807) is 14.0 Å². The summed E-state index contributed by atoms with van der Waals surface area (Å²) in [5, 5.41) is 9.59. The topological polar surface area (TPSA) is 77.9 Å². The van der Waals surface area contributed by atoms with Crippen LogP contribution in [0, 0.1) is 18.7 Å². The highest BCUT2D eigenvalue weighted by atomic mass is 35.5. The second-order valence-corrected chi connectivity index (χ2v) is 7.37. The first-order valence-electron chi connectivity index (χ1n) is 8.42. The van der Waals surface area contributed by atoms with Crippen molar-refractivity contribution in [2.24, 2.45) is 5.92 Å². The van der Waals surface area contributed by atoms with Crippen LogP contribution in [0.1, 0.15) is 35.2 Å². The van der Waals surface area contributed by atoms with Crippen LogP contribution in [-0.4, -0.2) is 58.4 Å². The lowest BCUT2D eigenvalue weighted by Gasteiger charge is -2.45. The molecule has 2 fully saturated rings. The molecule has 2 aliphatic heterocycles. The van der Waals surface area contributed by atoms with Crippen molar-refractivity contribution in [3.8, 4) is 0 Å². The molecule has 0 radical (unpaired) electrons. The Morgan fingerprint density at radius 2 is 1.92 bits per heavy atom. The Kier molecular flexibility index (Phi) is 4.69. The van der Waals surface area contributed by atoms with Crippen molar-refractivity contribution in [3.05, 3.63) is 34.1 Å². The number of hydrogen-bond donors (Lipinski definition) is 1. The van der Waals surface area contributed by atoms with E-state index < -0.39 is 29.2 Å². The Bertz CT molecular complexity index is 790. The van der Waals surface area contributed by atoms with Gasteiger partial charge >= 0.3 is 5.97 Å². The van der Waals surface area contributed by atoms with Crippen molar-refractivity contribution in [2.75, 3.05) is 20.1 Å². The third kappa shape index (κ3) is 2.74. The molecule has 3 rings (SSSR count). The smallest absolute Gasteiger partial charge is 0.309 e. The number of aliphatic carboxylic acids is 1. The average Bonchev–Trinajstić information content (AvgIpc) is 2.84. The summed E-state index contributed by atoms with van der Waals surface area (Å²) in [6.45, 7) is 2.17. The first-order chi connectivity index (χ1) is 12.2. The van der Waals surface area contributed by atoms with E-state index in [0.29, 0.717) is 18.4 Å². The molecule has 1 spiro atoms. The predicted molar refractivity (Wildman–Crippen MR) is 92.5 cm³/mol. The van der Waals surface area contributed by atoms with Crippen molar-refractivity contribution in [1.29, 1.82) is 0 Å². The summed E-state index contributed by atoms with van der Waals surface area (Å²) in [6.07, 6.45) is 0.643. The lowest BCUT2D eigenvalue weighted by Crippen LogP contribution is -2.57. The Morgan fingerprint density at radius 1 is 1.31 bits per heavy atom. The number of carboxylic acids is 1. The summed E-state index contributed by atoms with van der Waals surface area (Å²) >= 11 is 6.12.